The smallest absolute Gasteiger partial charge is 0.269 e. The number of hydrogen-bond donors (Lipinski definition) is 0. The summed E-state index contributed by atoms with van der Waals surface area (Å²) in [6.45, 7) is 1.90. The number of benzene rings is 1. The summed E-state index contributed by atoms with van der Waals surface area (Å²) in [6.07, 6.45) is 6.11. The highest BCUT2D eigenvalue weighted by molar-refractivity contribution is 8.13. The minimum absolute atomic E-state index is 0.00814. The summed E-state index contributed by atoms with van der Waals surface area (Å²) in [7, 11) is -1.95. The van der Waals surface area contributed by atoms with Crippen molar-refractivity contribution in [3.05, 3.63) is 54.6 Å². The van der Waals surface area contributed by atoms with Gasteiger partial charge in [0.25, 0.3) is 10.0 Å². The van der Waals surface area contributed by atoms with Crippen molar-refractivity contribution in [1.82, 2.24) is 18.5 Å². The first-order valence-corrected chi connectivity index (χ1v) is 13.6. The van der Waals surface area contributed by atoms with Gasteiger partial charge in [0.2, 0.25) is 9.05 Å². The monoisotopic (exact) mass is 478 g/mol. The maximum atomic E-state index is 13.2. The average molecular weight is 479 g/mol. The van der Waals surface area contributed by atoms with E-state index in [0.29, 0.717) is 29.4 Å². The standard InChI is InChI=1S/C20H19ClN4O4S2/c1-13-2-4-16(5-3-13)31(28,29)25-7-6-17-19-18(10-22-20(17)25)23-12-24(19)15-8-14(9-15)11-30(21,26)27/h2-7,10,12,14-15H,8-9,11H2,1H3/t14-,15+. The van der Waals surface area contributed by atoms with E-state index in [1.165, 1.54) is 10.2 Å². The predicted molar refractivity (Wildman–Crippen MR) is 118 cm³/mol. The van der Waals surface area contributed by atoms with Crippen LogP contribution in [-0.4, -0.2) is 41.1 Å². The first kappa shape index (κ1) is 20.5. The van der Waals surface area contributed by atoms with Gasteiger partial charge in [-0.2, -0.15) is 0 Å². The molecule has 1 aromatic carbocycles. The Morgan fingerprint density at radius 1 is 1.06 bits per heavy atom. The number of rotatable bonds is 5. The number of nitrogens with zero attached hydrogens (tertiary/aromatic N) is 4. The van der Waals surface area contributed by atoms with E-state index < -0.39 is 19.1 Å². The lowest BCUT2D eigenvalue weighted by atomic mass is 9.81. The van der Waals surface area contributed by atoms with Crippen molar-refractivity contribution in [2.45, 2.75) is 30.7 Å². The van der Waals surface area contributed by atoms with Gasteiger partial charge >= 0.3 is 0 Å². The Bertz CT molecular complexity index is 1520. The number of fused-ring (bicyclic) bond motifs is 3. The van der Waals surface area contributed by atoms with Crippen LogP contribution in [0.4, 0.5) is 0 Å². The Morgan fingerprint density at radius 3 is 2.45 bits per heavy atom. The summed E-state index contributed by atoms with van der Waals surface area (Å²) in [5, 5.41) is 0.680. The first-order valence-electron chi connectivity index (χ1n) is 9.71. The summed E-state index contributed by atoms with van der Waals surface area (Å²) in [4.78, 5) is 8.97. The van der Waals surface area contributed by atoms with Crippen LogP contribution in [0.3, 0.4) is 0 Å². The van der Waals surface area contributed by atoms with Gasteiger partial charge in [-0.1, -0.05) is 17.7 Å². The normalized spacial score (nSPS) is 19.7. The molecule has 0 N–H and O–H groups in total. The van der Waals surface area contributed by atoms with Crippen LogP contribution in [0.1, 0.15) is 24.4 Å². The molecular formula is C20H19ClN4O4S2. The van der Waals surface area contributed by atoms with Crippen LogP contribution in [0, 0.1) is 12.8 Å². The Labute approximate surface area is 184 Å². The van der Waals surface area contributed by atoms with E-state index in [1.807, 2.05) is 11.5 Å². The fourth-order valence-corrected chi connectivity index (χ4v) is 6.90. The van der Waals surface area contributed by atoms with Crippen LogP contribution in [-0.2, 0) is 19.1 Å². The van der Waals surface area contributed by atoms with E-state index in [4.69, 9.17) is 10.7 Å². The topological polar surface area (TPSA) is 104 Å². The molecule has 0 saturated heterocycles. The van der Waals surface area contributed by atoms with Crippen LogP contribution in [0.25, 0.3) is 22.1 Å². The first-order chi connectivity index (χ1) is 14.6. The fourth-order valence-electron chi connectivity index (χ4n) is 4.23. The Hall–Kier alpha value is -2.43. The highest BCUT2D eigenvalue weighted by atomic mass is 35.7. The second-order valence-electron chi connectivity index (χ2n) is 8.01. The molecule has 3 aromatic heterocycles. The van der Waals surface area contributed by atoms with Crippen molar-refractivity contribution in [2.24, 2.45) is 5.92 Å². The molecule has 5 rings (SSSR count). The summed E-state index contributed by atoms with van der Waals surface area (Å²) in [5.41, 5.74) is 2.75. The molecule has 0 aliphatic heterocycles. The van der Waals surface area contributed by atoms with Crippen LogP contribution >= 0.6 is 10.7 Å². The van der Waals surface area contributed by atoms with Crippen molar-refractivity contribution in [2.75, 3.05) is 5.75 Å². The number of halogens is 1. The van der Waals surface area contributed by atoms with Crippen LogP contribution in [0.5, 0.6) is 0 Å². The second kappa shape index (κ2) is 7.04. The Balaban J connectivity index is 1.56. The lowest BCUT2D eigenvalue weighted by molar-refractivity contribution is 0.223. The predicted octanol–water partition coefficient (Wildman–Crippen LogP) is 3.45. The van der Waals surface area contributed by atoms with Gasteiger partial charge in [0, 0.05) is 28.3 Å². The molecule has 0 bridgehead atoms. The zero-order valence-corrected chi connectivity index (χ0v) is 18.9. The molecule has 4 aromatic rings. The number of pyridine rings is 1. The van der Waals surface area contributed by atoms with Crippen molar-refractivity contribution in [3.63, 3.8) is 0 Å². The number of aryl methyl sites for hydroxylation is 1. The van der Waals surface area contributed by atoms with Crippen molar-refractivity contribution < 1.29 is 16.8 Å². The quantitative estimate of drug-likeness (QED) is 0.407. The minimum atomic E-state index is -3.80. The van der Waals surface area contributed by atoms with Gasteiger partial charge < -0.3 is 4.57 Å². The molecule has 0 unspecified atom stereocenters. The molecule has 0 radical (unpaired) electrons. The lowest BCUT2D eigenvalue weighted by Crippen LogP contribution is -2.30. The van der Waals surface area contributed by atoms with E-state index in [0.717, 1.165) is 11.1 Å². The minimum Gasteiger partial charge on any atom is -0.327 e. The molecule has 1 fully saturated rings. The molecule has 1 aliphatic carbocycles. The van der Waals surface area contributed by atoms with Gasteiger partial charge in [-0.05, 0) is 43.9 Å². The van der Waals surface area contributed by atoms with Crippen molar-refractivity contribution in [1.29, 1.82) is 0 Å². The molecular weight excluding hydrogens is 460 g/mol. The van der Waals surface area contributed by atoms with Crippen LogP contribution in [0.15, 0.2) is 53.9 Å². The highest BCUT2D eigenvalue weighted by Crippen LogP contribution is 2.41. The molecule has 11 heteroatoms. The van der Waals surface area contributed by atoms with Gasteiger partial charge in [0.1, 0.15) is 5.52 Å². The zero-order valence-electron chi connectivity index (χ0n) is 16.5. The number of imidazole rings is 1. The summed E-state index contributed by atoms with van der Waals surface area (Å²) in [6, 6.07) is 8.49. The van der Waals surface area contributed by atoms with E-state index in [1.54, 1.807) is 42.9 Å². The number of hydrogen-bond acceptors (Lipinski definition) is 6. The van der Waals surface area contributed by atoms with Crippen LogP contribution < -0.4 is 0 Å². The molecule has 0 amide bonds. The third-order valence-electron chi connectivity index (χ3n) is 5.83. The largest absolute Gasteiger partial charge is 0.327 e. The average Bonchev–Trinajstić information content (AvgIpc) is 3.28. The summed E-state index contributed by atoms with van der Waals surface area (Å²) >= 11 is 0. The van der Waals surface area contributed by atoms with E-state index in [9.17, 15) is 16.8 Å². The van der Waals surface area contributed by atoms with Gasteiger partial charge in [-0.15, -0.1) is 0 Å². The lowest BCUT2D eigenvalue weighted by Gasteiger charge is -2.35. The fraction of sp³-hybridized carbons (Fsp3) is 0.300. The molecule has 1 saturated carbocycles. The van der Waals surface area contributed by atoms with Gasteiger partial charge in [0.15, 0.2) is 5.65 Å². The summed E-state index contributed by atoms with van der Waals surface area (Å²) in [5.74, 6) is -0.0337. The molecule has 0 atom stereocenters. The molecule has 8 nitrogen and oxygen atoms in total. The Kier molecular flexibility index (Phi) is 4.65. The van der Waals surface area contributed by atoms with E-state index in [2.05, 4.69) is 9.97 Å². The number of aromatic nitrogens is 4. The molecule has 1 aliphatic rings. The SMILES string of the molecule is Cc1ccc(S(=O)(=O)n2ccc3c2ncc2ncn([C@H]4C[C@@H](CS(=O)(=O)Cl)C4)c23)cc1. The zero-order chi connectivity index (χ0) is 22.0. The van der Waals surface area contributed by atoms with Gasteiger partial charge in [0.05, 0.1) is 28.7 Å². The van der Waals surface area contributed by atoms with Gasteiger partial charge in [-0.25, -0.2) is 30.8 Å². The van der Waals surface area contributed by atoms with Gasteiger partial charge in [-0.3, -0.25) is 0 Å². The highest BCUT2D eigenvalue weighted by Gasteiger charge is 2.34. The third kappa shape index (κ3) is 3.52. The summed E-state index contributed by atoms with van der Waals surface area (Å²) < 4.78 is 52.2. The third-order valence-corrected chi connectivity index (χ3v) is 8.76. The molecule has 31 heavy (non-hydrogen) atoms. The molecule has 3 heterocycles. The maximum absolute atomic E-state index is 13.2. The van der Waals surface area contributed by atoms with Crippen LogP contribution in [0.2, 0.25) is 0 Å². The Morgan fingerprint density at radius 2 is 1.77 bits per heavy atom. The second-order valence-corrected chi connectivity index (χ2v) is 12.6. The van der Waals surface area contributed by atoms with E-state index in [-0.39, 0.29) is 22.6 Å². The maximum Gasteiger partial charge on any atom is 0.269 e. The van der Waals surface area contributed by atoms with Crippen molar-refractivity contribution >= 4 is 51.8 Å². The van der Waals surface area contributed by atoms with E-state index >= 15 is 0 Å². The molecule has 162 valence electrons. The molecule has 0 spiro atoms. The van der Waals surface area contributed by atoms with Crippen molar-refractivity contribution in [3.8, 4) is 0 Å².